The van der Waals surface area contributed by atoms with Gasteiger partial charge in [-0.05, 0) is 43.7 Å². The van der Waals surface area contributed by atoms with Gasteiger partial charge in [0.25, 0.3) is 0 Å². The van der Waals surface area contributed by atoms with Gasteiger partial charge in [0.15, 0.2) is 0 Å². The van der Waals surface area contributed by atoms with Gasteiger partial charge < -0.3 is 14.5 Å². The van der Waals surface area contributed by atoms with Crippen LogP contribution >= 0.6 is 0 Å². The van der Waals surface area contributed by atoms with E-state index in [-0.39, 0.29) is 0 Å². The molecule has 0 amide bonds. The monoisotopic (exact) mass is 259 g/mol. The highest BCUT2D eigenvalue weighted by Gasteiger charge is 2.05. The smallest absolute Gasteiger partial charge is 0.119 e. The number of nitrogens with one attached hydrogen (secondary N) is 1. The molecule has 0 aliphatic rings. The SMILES string of the molecule is CCOc1ccc(C(C)NCCc2ccco2)cc1. The topological polar surface area (TPSA) is 34.4 Å². The van der Waals surface area contributed by atoms with Crippen molar-refractivity contribution in [2.75, 3.05) is 13.2 Å². The predicted molar refractivity (Wildman–Crippen MR) is 76.4 cm³/mol. The van der Waals surface area contributed by atoms with E-state index in [4.69, 9.17) is 9.15 Å². The van der Waals surface area contributed by atoms with Crippen LogP contribution in [0.4, 0.5) is 0 Å². The third kappa shape index (κ3) is 4.14. The van der Waals surface area contributed by atoms with Gasteiger partial charge in [-0.2, -0.15) is 0 Å². The Morgan fingerprint density at radius 2 is 2.00 bits per heavy atom. The summed E-state index contributed by atoms with van der Waals surface area (Å²) in [6.07, 6.45) is 2.62. The molecule has 0 saturated carbocycles. The van der Waals surface area contributed by atoms with Crippen molar-refractivity contribution in [1.82, 2.24) is 5.32 Å². The first-order valence-corrected chi connectivity index (χ1v) is 6.78. The van der Waals surface area contributed by atoms with Crippen LogP contribution in [-0.2, 0) is 6.42 Å². The van der Waals surface area contributed by atoms with Crippen LogP contribution in [0.3, 0.4) is 0 Å². The van der Waals surface area contributed by atoms with Crippen molar-refractivity contribution in [2.45, 2.75) is 26.3 Å². The first kappa shape index (κ1) is 13.7. The zero-order valence-corrected chi connectivity index (χ0v) is 11.6. The van der Waals surface area contributed by atoms with E-state index in [0.717, 1.165) is 24.5 Å². The highest BCUT2D eigenvalue weighted by molar-refractivity contribution is 5.28. The Balaban J connectivity index is 1.80. The molecule has 3 nitrogen and oxygen atoms in total. The van der Waals surface area contributed by atoms with E-state index in [1.54, 1.807) is 6.26 Å². The number of rotatable bonds is 7. The minimum Gasteiger partial charge on any atom is -0.494 e. The van der Waals surface area contributed by atoms with Crippen LogP contribution in [0.25, 0.3) is 0 Å². The fourth-order valence-corrected chi connectivity index (χ4v) is 2.00. The van der Waals surface area contributed by atoms with E-state index < -0.39 is 0 Å². The lowest BCUT2D eigenvalue weighted by Gasteiger charge is -2.14. The maximum absolute atomic E-state index is 5.44. The van der Waals surface area contributed by atoms with Gasteiger partial charge in [-0.3, -0.25) is 0 Å². The van der Waals surface area contributed by atoms with E-state index in [0.29, 0.717) is 12.6 Å². The Morgan fingerprint density at radius 1 is 1.21 bits per heavy atom. The summed E-state index contributed by atoms with van der Waals surface area (Å²) in [5.41, 5.74) is 1.27. The summed E-state index contributed by atoms with van der Waals surface area (Å²) in [4.78, 5) is 0. The molecule has 0 fully saturated rings. The molecule has 19 heavy (non-hydrogen) atoms. The molecule has 0 bridgehead atoms. The lowest BCUT2D eigenvalue weighted by Crippen LogP contribution is -2.21. The van der Waals surface area contributed by atoms with E-state index in [9.17, 15) is 0 Å². The third-order valence-electron chi connectivity index (χ3n) is 3.09. The summed E-state index contributed by atoms with van der Waals surface area (Å²) in [6.45, 7) is 5.77. The third-order valence-corrected chi connectivity index (χ3v) is 3.09. The molecular weight excluding hydrogens is 238 g/mol. The average Bonchev–Trinajstić information content (AvgIpc) is 2.93. The summed E-state index contributed by atoms with van der Waals surface area (Å²) in [5, 5.41) is 3.49. The standard InChI is InChI=1S/C16H21NO2/c1-3-18-16-8-6-14(7-9-16)13(2)17-11-10-15-5-4-12-19-15/h4-9,12-13,17H,3,10-11H2,1-2H3. The van der Waals surface area contributed by atoms with Gasteiger partial charge in [-0.15, -0.1) is 0 Å². The summed E-state index contributed by atoms with van der Waals surface area (Å²) in [7, 11) is 0. The van der Waals surface area contributed by atoms with E-state index in [1.807, 2.05) is 31.2 Å². The molecule has 0 radical (unpaired) electrons. The second-order valence-electron chi connectivity index (χ2n) is 4.51. The molecule has 1 aromatic heterocycles. The van der Waals surface area contributed by atoms with Crippen molar-refractivity contribution in [3.05, 3.63) is 54.0 Å². The van der Waals surface area contributed by atoms with Crippen LogP contribution in [0.15, 0.2) is 47.1 Å². The molecule has 0 aliphatic heterocycles. The summed E-state index contributed by atoms with van der Waals surface area (Å²) in [6, 6.07) is 12.5. The van der Waals surface area contributed by atoms with Crippen LogP contribution < -0.4 is 10.1 Å². The number of benzene rings is 1. The molecule has 1 unspecified atom stereocenters. The average molecular weight is 259 g/mol. The van der Waals surface area contributed by atoms with Gasteiger partial charge >= 0.3 is 0 Å². The van der Waals surface area contributed by atoms with Crippen LogP contribution in [-0.4, -0.2) is 13.2 Å². The maximum Gasteiger partial charge on any atom is 0.119 e. The first-order valence-electron chi connectivity index (χ1n) is 6.78. The molecule has 1 heterocycles. The number of hydrogen-bond acceptors (Lipinski definition) is 3. The molecule has 1 N–H and O–H groups in total. The second-order valence-corrected chi connectivity index (χ2v) is 4.51. The normalized spacial score (nSPS) is 12.3. The van der Waals surface area contributed by atoms with Crippen molar-refractivity contribution in [3.63, 3.8) is 0 Å². The van der Waals surface area contributed by atoms with E-state index in [1.165, 1.54) is 5.56 Å². The quantitative estimate of drug-likeness (QED) is 0.825. The Bertz CT molecular complexity index is 462. The van der Waals surface area contributed by atoms with Gasteiger partial charge in [0.1, 0.15) is 11.5 Å². The molecule has 0 saturated heterocycles. The zero-order valence-electron chi connectivity index (χ0n) is 11.6. The van der Waals surface area contributed by atoms with Crippen molar-refractivity contribution in [2.24, 2.45) is 0 Å². The Labute approximate surface area is 114 Å². The van der Waals surface area contributed by atoms with Crippen molar-refractivity contribution in [3.8, 4) is 5.75 Å². The Morgan fingerprint density at radius 3 is 2.63 bits per heavy atom. The zero-order chi connectivity index (χ0) is 13.5. The van der Waals surface area contributed by atoms with Gasteiger partial charge in [0, 0.05) is 19.0 Å². The fraction of sp³-hybridized carbons (Fsp3) is 0.375. The molecule has 2 rings (SSSR count). The van der Waals surface area contributed by atoms with E-state index >= 15 is 0 Å². The molecule has 1 aromatic carbocycles. The Hall–Kier alpha value is -1.74. The number of furan rings is 1. The molecule has 102 valence electrons. The van der Waals surface area contributed by atoms with Crippen molar-refractivity contribution < 1.29 is 9.15 Å². The van der Waals surface area contributed by atoms with Gasteiger partial charge in [-0.1, -0.05) is 12.1 Å². The van der Waals surface area contributed by atoms with E-state index in [2.05, 4.69) is 24.4 Å². The Kier molecular flexibility index (Phi) is 5.04. The molecule has 0 aliphatic carbocycles. The fourth-order valence-electron chi connectivity index (χ4n) is 2.00. The van der Waals surface area contributed by atoms with Crippen molar-refractivity contribution >= 4 is 0 Å². The molecular formula is C16H21NO2. The predicted octanol–water partition coefficient (Wildman–Crippen LogP) is 3.57. The summed E-state index contributed by atoms with van der Waals surface area (Å²) >= 11 is 0. The molecule has 3 heteroatoms. The minimum absolute atomic E-state index is 0.325. The second kappa shape index (κ2) is 7.00. The molecule has 0 spiro atoms. The largest absolute Gasteiger partial charge is 0.494 e. The highest BCUT2D eigenvalue weighted by Crippen LogP contribution is 2.17. The molecule has 1 atom stereocenters. The lowest BCUT2D eigenvalue weighted by atomic mass is 10.1. The van der Waals surface area contributed by atoms with Gasteiger partial charge in [0.2, 0.25) is 0 Å². The van der Waals surface area contributed by atoms with Crippen LogP contribution in [0.1, 0.15) is 31.2 Å². The first-order chi connectivity index (χ1) is 9.29. The lowest BCUT2D eigenvalue weighted by molar-refractivity contribution is 0.340. The van der Waals surface area contributed by atoms with Crippen LogP contribution in [0.5, 0.6) is 5.75 Å². The van der Waals surface area contributed by atoms with Gasteiger partial charge in [-0.25, -0.2) is 0 Å². The van der Waals surface area contributed by atoms with Crippen LogP contribution in [0.2, 0.25) is 0 Å². The van der Waals surface area contributed by atoms with Gasteiger partial charge in [0.05, 0.1) is 12.9 Å². The molecule has 2 aromatic rings. The summed E-state index contributed by atoms with van der Waals surface area (Å²) in [5.74, 6) is 1.94. The maximum atomic E-state index is 5.44. The van der Waals surface area contributed by atoms with Crippen molar-refractivity contribution in [1.29, 1.82) is 0 Å². The highest BCUT2D eigenvalue weighted by atomic mass is 16.5. The number of ether oxygens (including phenoxy) is 1. The minimum atomic E-state index is 0.325. The summed E-state index contributed by atoms with van der Waals surface area (Å²) < 4.78 is 10.7. The van der Waals surface area contributed by atoms with Crippen LogP contribution in [0, 0.1) is 0 Å². The number of hydrogen-bond donors (Lipinski definition) is 1.